The molecule has 1 N–H and O–H groups in total. The van der Waals surface area contributed by atoms with Crippen LogP contribution in [0.3, 0.4) is 0 Å². The van der Waals surface area contributed by atoms with E-state index in [0.717, 1.165) is 17.0 Å². The van der Waals surface area contributed by atoms with Crippen LogP contribution in [-0.4, -0.2) is 40.3 Å². The molecule has 5 heteroatoms. The Bertz CT molecular complexity index is 379. The van der Waals surface area contributed by atoms with Crippen molar-refractivity contribution >= 4 is 5.91 Å². The SMILES string of the molecule is Cc1noc(C)c1CCC(=O)N(CCO)C(C)C. The third kappa shape index (κ3) is 3.57. The minimum atomic E-state index is -0.00472. The minimum absolute atomic E-state index is 0.00472. The summed E-state index contributed by atoms with van der Waals surface area (Å²) >= 11 is 0. The van der Waals surface area contributed by atoms with Crippen LogP contribution < -0.4 is 0 Å². The molecular weight excluding hydrogens is 232 g/mol. The molecule has 102 valence electrons. The zero-order chi connectivity index (χ0) is 13.7. The highest BCUT2D eigenvalue weighted by Gasteiger charge is 2.18. The van der Waals surface area contributed by atoms with Crippen LogP contribution in [0, 0.1) is 13.8 Å². The van der Waals surface area contributed by atoms with E-state index in [0.29, 0.717) is 19.4 Å². The second-order valence-electron chi connectivity index (χ2n) is 4.71. The molecule has 0 aromatic carbocycles. The monoisotopic (exact) mass is 254 g/mol. The lowest BCUT2D eigenvalue weighted by Gasteiger charge is -2.25. The van der Waals surface area contributed by atoms with Gasteiger partial charge in [-0.15, -0.1) is 0 Å². The second-order valence-corrected chi connectivity index (χ2v) is 4.71. The molecule has 18 heavy (non-hydrogen) atoms. The van der Waals surface area contributed by atoms with Crippen LogP contribution in [0.5, 0.6) is 0 Å². The highest BCUT2D eigenvalue weighted by molar-refractivity contribution is 5.76. The van der Waals surface area contributed by atoms with Crippen LogP contribution in [0.2, 0.25) is 0 Å². The Morgan fingerprint density at radius 2 is 2.11 bits per heavy atom. The van der Waals surface area contributed by atoms with Crippen LogP contribution in [0.25, 0.3) is 0 Å². The highest BCUT2D eigenvalue weighted by Crippen LogP contribution is 2.15. The maximum atomic E-state index is 12.1. The fourth-order valence-electron chi connectivity index (χ4n) is 2.01. The van der Waals surface area contributed by atoms with Gasteiger partial charge in [0, 0.05) is 24.6 Å². The fraction of sp³-hybridized carbons (Fsp3) is 0.692. The van der Waals surface area contributed by atoms with Crippen molar-refractivity contribution in [2.45, 2.75) is 46.6 Å². The summed E-state index contributed by atoms with van der Waals surface area (Å²) < 4.78 is 5.07. The average Bonchev–Trinajstić information content (AvgIpc) is 2.62. The molecule has 0 unspecified atom stereocenters. The summed E-state index contributed by atoms with van der Waals surface area (Å²) in [5.41, 5.74) is 1.86. The van der Waals surface area contributed by atoms with E-state index in [1.807, 2.05) is 27.7 Å². The molecule has 0 aliphatic heterocycles. The van der Waals surface area contributed by atoms with Gasteiger partial charge in [-0.1, -0.05) is 5.16 Å². The minimum Gasteiger partial charge on any atom is -0.395 e. The first-order valence-electron chi connectivity index (χ1n) is 6.29. The van der Waals surface area contributed by atoms with Gasteiger partial charge in [-0.05, 0) is 34.1 Å². The first-order valence-corrected chi connectivity index (χ1v) is 6.29. The summed E-state index contributed by atoms with van der Waals surface area (Å²) in [5.74, 6) is 0.831. The maximum Gasteiger partial charge on any atom is 0.223 e. The number of rotatable bonds is 6. The molecule has 1 aromatic heterocycles. The van der Waals surface area contributed by atoms with Gasteiger partial charge >= 0.3 is 0 Å². The van der Waals surface area contributed by atoms with E-state index in [-0.39, 0.29) is 18.6 Å². The lowest BCUT2D eigenvalue weighted by Crippen LogP contribution is -2.39. The third-order valence-corrected chi connectivity index (χ3v) is 3.05. The lowest BCUT2D eigenvalue weighted by molar-refractivity contribution is -0.133. The predicted octanol–water partition coefficient (Wildman–Crippen LogP) is 1.45. The molecule has 0 aliphatic carbocycles. The Morgan fingerprint density at radius 1 is 1.44 bits per heavy atom. The summed E-state index contributed by atoms with van der Waals surface area (Å²) in [6.45, 7) is 8.01. The van der Waals surface area contributed by atoms with Gasteiger partial charge in [0.2, 0.25) is 5.91 Å². The third-order valence-electron chi connectivity index (χ3n) is 3.05. The number of hydrogen-bond acceptors (Lipinski definition) is 4. The topological polar surface area (TPSA) is 66.6 Å². The molecular formula is C13H22N2O3. The van der Waals surface area contributed by atoms with E-state index < -0.39 is 0 Å². The number of hydrogen-bond donors (Lipinski definition) is 1. The van der Waals surface area contributed by atoms with Gasteiger partial charge in [0.25, 0.3) is 0 Å². The molecule has 0 atom stereocenters. The number of aliphatic hydroxyl groups excluding tert-OH is 1. The summed E-state index contributed by atoms with van der Waals surface area (Å²) in [5, 5.41) is 12.8. The lowest BCUT2D eigenvalue weighted by atomic mass is 10.1. The van der Waals surface area contributed by atoms with E-state index >= 15 is 0 Å². The van der Waals surface area contributed by atoms with E-state index in [9.17, 15) is 4.79 Å². The Balaban J connectivity index is 2.59. The van der Waals surface area contributed by atoms with Crippen molar-refractivity contribution in [1.82, 2.24) is 10.1 Å². The van der Waals surface area contributed by atoms with Crippen molar-refractivity contribution in [2.24, 2.45) is 0 Å². The van der Waals surface area contributed by atoms with Crippen molar-refractivity contribution < 1.29 is 14.4 Å². The zero-order valence-electron chi connectivity index (χ0n) is 11.6. The molecule has 0 fully saturated rings. The Hall–Kier alpha value is -1.36. The Kier molecular flexibility index (Phi) is 5.34. The molecule has 1 rings (SSSR count). The number of carbonyl (C=O) groups is 1. The molecule has 0 saturated carbocycles. The van der Waals surface area contributed by atoms with Crippen molar-refractivity contribution in [2.75, 3.05) is 13.2 Å². The maximum absolute atomic E-state index is 12.1. The summed E-state index contributed by atoms with van der Waals surface area (Å²) in [6, 6.07) is 0.106. The van der Waals surface area contributed by atoms with Gasteiger partial charge in [0.15, 0.2) is 0 Å². The molecule has 1 aromatic rings. The summed E-state index contributed by atoms with van der Waals surface area (Å²) in [4.78, 5) is 13.7. The number of aliphatic hydroxyl groups is 1. The zero-order valence-corrected chi connectivity index (χ0v) is 11.6. The van der Waals surface area contributed by atoms with Gasteiger partial charge < -0.3 is 14.5 Å². The number of aryl methyl sites for hydroxylation is 2. The van der Waals surface area contributed by atoms with E-state index in [1.165, 1.54) is 0 Å². The van der Waals surface area contributed by atoms with Gasteiger partial charge in [-0.25, -0.2) is 0 Å². The molecule has 0 bridgehead atoms. The number of amides is 1. The Morgan fingerprint density at radius 3 is 2.56 bits per heavy atom. The van der Waals surface area contributed by atoms with Crippen molar-refractivity contribution in [3.63, 3.8) is 0 Å². The normalized spacial score (nSPS) is 11.0. The first-order chi connectivity index (χ1) is 8.47. The molecule has 0 aliphatic rings. The van der Waals surface area contributed by atoms with Crippen LogP contribution in [0.1, 0.15) is 37.3 Å². The molecule has 0 spiro atoms. The number of carbonyl (C=O) groups excluding carboxylic acids is 1. The van der Waals surface area contributed by atoms with Crippen molar-refractivity contribution in [3.8, 4) is 0 Å². The quantitative estimate of drug-likeness (QED) is 0.834. The van der Waals surface area contributed by atoms with Gasteiger partial charge in [0.05, 0.1) is 12.3 Å². The average molecular weight is 254 g/mol. The Labute approximate surface area is 108 Å². The van der Waals surface area contributed by atoms with Gasteiger partial charge in [0.1, 0.15) is 5.76 Å². The van der Waals surface area contributed by atoms with Crippen LogP contribution in [-0.2, 0) is 11.2 Å². The summed E-state index contributed by atoms with van der Waals surface area (Å²) in [7, 11) is 0. The molecule has 1 heterocycles. The smallest absolute Gasteiger partial charge is 0.223 e. The fourth-order valence-corrected chi connectivity index (χ4v) is 2.01. The van der Waals surface area contributed by atoms with Crippen LogP contribution >= 0.6 is 0 Å². The standard InChI is InChI=1S/C13H22N2O3/c1-9(2)15(7-8-16)13(17)6-5-12-10(3)14-18-11(12)4/h9,16H,5-8H2,1-4H3. The summed E-state index contributed by atoms with van der Waals surface area (Å²) in [6.07, 6.45) is 1.05. The molecule has 0 radical (unpaired) electrons. The van der Waals surface area contributed by atoms with Crippen molar-refractivity contribution in [1.29, 1.82) is 0 Å². The first kappa shape index (κ1) is 14.7. The van der Waals surface area contributed by atoms with E-state index in [4.69, 9.17) is 9.63 Å². The largest absolute Gasteiger partial charge is 0.395 e. The van der Waals surface area contributed by atoms with Crippen molar-refractivity contribution in [3.05, 3.63) is 17.0 Å². The van der Waals surface area contributed by atoms with E-state index in [2.05, 4.69) is 5.16 Å². The highest BCUT2D eigenvalue weighted by atomic mass is 16.5. The van der Waals surface area contributed by atoms with Gasteiger partial charge in [-0.2, -0.15) is 0 Å². The molecule has 0 saturated heterocycles. The van der Waals surface area contributed by atoms with Crippen LogP contribution in [0.15, 0.2) is 4.52 Å². The molecule has 1 amide bonds. The number of nitrogens with zero attached hydrogens (tertiary/aromatic N) is 2. The molecule has 5 nitrogen and oxygen atoms in total. The predicted molar refractivity (Wildman–Crippen MR) is 68.2 cm³/mol. The number of aromatic nitrogens is 1. The van der Waals surface area contributed by atoms with Gasteiger partial charge in [-0.3, -0.25) is 4.79 Å². The van der Waals surface area contributed by atoms with E-state index in [1.54, 1.807) is 4.90 Å². The van der Waals surface area contributed by atoms with Crippen LogP contribution in [0.4, 0.5) is 0 Å². The second kappa shape index (κ2) is 6.54.